The molecular weight excluding hydrogens is 417 g/mol. The smallest absolute Gasteiger partial charge is 0.123 e. The number of fused-ring (bicyclic) bond motifs is 1. The molecule has 2 heteroatoms. The summed E-state index contributed by atoms with van der Waals surface area (Å²) in [5, 5.41) is 2.15. The van der Waals surface area contributed by atoms with Crippen LogP contribution in [-0.2, 0) is 6.42 Å². The first-order valence-corrected chi connectivity index (χ1v) is 12.3. The number of aliphatic imine (C=N–C) groups is 1. The number of nitrogens with zero attached hydrogens (tertiary/aromatic N) is 1. The molecule has 3 aromatic rings. The van der Waals surface area contributed by atoms with Crippen LogP contribution in [0, 0.1) is 12.7 Å². The van der Waals surface area contributed by atoms with Gasteiger partial charge in [0.2, 0.25) is 0 Å². The zero-order valence-electron chi connectivity index (χ0n) is 21.8. The van der Waals surface area contributed by atoms with Gasteiger partial charge in [-0.05, 0) is 118 Å². The average Bonchev–Trinajstić information content (AvgIpc) is 2.80. The molecule has 0 aromatic heterocycles. The van der Waals surface area contributed by atoms with Crippen molar-refractivity contribution in [3.05, 3.63) is 93.8 Å². The first kappa shape index (κ1) is 25.6. The standard InChI is InChI=1S/C32H38FN/c1-21(2)28(29-16-11-17-30(23(29)5)32(22(3)4)24(6)34-7)15-9-8-12-25-13-10-14-26-20-27(33)18-19-31(25)26/h10-11,13-14,16-20H,8-9,12,15H2,1-7H3/b34-24-. The number of benzene rings is 3. The summed E-state index contributed by atoms with van der Waals surface area (Å²) in [5.74, 6) is -0.174. The fourth-order valence-electron chi connectivity index (χ4n) is 4.98. The Morgan fingerprint density at radius 2 is 1.53 bits per heavy atom. The molecule has 34 heavy (non-hydrogen) atoms. The molecule has 0 aliphatic rings. The quantitative estimate of drug-likeness (QED) is 0.237. The van der Waals surface area contributed by atoms with Crippen molar-refractivity contribution in [1.29, 1.82) is 0 Å². The lowest BCUT2D eigenvalue weighted by Crippen LogP contribution is -2.04. The second-order valence-electron chi connectivity index (χ2n) is 9.63. The first-order valence-electron chi connectivity index (χ1n) is 12.3. The summed E-state index contributed by atoms with van der Waals surface area (Å²) in [7, 11) is 1.87. The van der Waals surface area contributed by atoms with E-state index >= 15 is 0 Å². The summed E-state index contributed by atoms with van der Waals surface area (Å²) in [6.07, 6.45) is 4.28. The Bertz CT molecular complexity index is 1270. The SMILES string of the molecule is C/N=C(/C)C(=C(C)C)c1cccc(C(CCCCc2cccc3cc(F)ccc23)=C(C)C)c1C. The van der Waals surface area contributed by atoms with E-state index in [4.69, 9.17) is 0 Å². The van der Waals surface area contributed by atoms with Crippen LogP contribution in [0.5, 0.6) is 0 Å². The minimum absolute atomic E-state index is 0.174. The van der Waals surface area contributed by atoms with E-state index in [2.05, 4.69) is 70.8 Å². The van der Waals surface area contributed by atoms with Gasteiger partial charge >= 0.3 is 0 Å². The van der Waals surface area contributed by atoms with Gasteiger partial charge in [-0.2, -0.15) is 0 Å². The largest absolute Gasteiger partial charge is 0.293 e. The second kappa shape index (κ2) is 11.4. The number of aryl methyl sites for hydroxylation is 1. The Labute approximate surface area is 205 Å². The van der Waals surface area contributed by atoms with Gasteiger partial charge in [0, 0.05) is 18.3 Å². The molecule has 0 heterocycles. The van der Waals surface area contributed by atoms with Crippen LogP contribution >= 0.6 is 0 Å². The van der Waals surface area contributed by atoms with Crippen molar-refractivity contribution in [1.82, 2.24) is 0 Å². The molecule has 0 N–H and O–H groups in total. The molecule has 0 atom stereocenters. The van der Waals surface area contributed by atoms with E-state index < -0.39 is 0 Å². The maximum absolute atomic E-state index is 13.6. The van der Waals surface area contributed by atoms with Crippen LogP contribution in [0.25, 0.3) is 21.9 Å². The highest BCUT2D eigenvalue weighted by molar-refractivity contribution is 6.23. The topological polar surface area (TPSA) is 12.4 Å². The van der Waals surface area contributed by atoms with Crippen molar-refractivity contribution in [3.8, 4) is 0 Å². The molecule has 0 fully saturated rings. The van der Waals surface area contributed by atoms with Gasteiger partial charge in [0.1, 0.15) is 5.82 Å². The van der Waals surface area contributed by atoms with E-state index in [9.17, 15) is 4.39 Å². The molecule has 178 valence electrons. The Hall–Kier alpha value is -3.00. The van der Waals surface area contributed by atoms with Crippen molar-refractivity contribution < 1.29 is 4.39 Å². The minimum Gasteiger partial charge on any atom is -0.293 e. The fraction of sp³-hybridized carbons (Fsp3) is 0.344. The van der Waals surface area contributed by atoms with Crippen LogP contribution in [0.1, 0.15) is 76.1 Å². The van der Waals surface area contributed by atoms with E-state index in [-0.39, 0.29) is 5.82 Å². The lowest BCUT2D eigenvalue weighted by atomic mass is 9.86. The summed E-state index contributed by atoms with van der Waals surface area (Å²) in [6, 6.07) is 18.0. The summed E-state index contributed by atoms with van der Waals surface area (Å²) in [5.41, 5.74) is 11.7. The normalized spacial score (nSPS) is 11.6. The van der Waals surface area contributed by atoms with Crippen LogP contribution in [0.3, 0.4) is 0 Å². The predicted octanol–water partition coefficient (Wildman–Crippen LogP) is 9.38. The molecule has 0 spiro atoms. The highest BCUT2D eigenvalue weighted by Crippen LogP contribution is 2.33. The average molecular weight is 456 g/mol. The van der Waals surface area contributed by atoms with E-state index in [1.54, 1.807) is 12.1 Å². The minimum atomic E-state index is -0.174. The lowest BCUT2D eigenvalue weighted by Gasteiger charge is -2.19. The van der Waals surface area contributed by atoms with Gasteiger partial charge in [-0.1, -0.05) is 53.6 Å². The third-order valence-corrected chi connectivity index (χ3v) is 6.78. The summed E-state index contributed by atoms with van der Waals surface area (Å²) >= 11 is 0. The number of hydrogen-bond donors (Lipinski definition) is 0. The van der Waals surface area contributed by atoms with Gasteiger partial charge in [0.15, 0.2) is 0 Å². The van der Waals surface area contributed by atoms with Crippen molar-refractivity contribution in [2.45, 2.75) is 67.2 Å². The van der Waals surface area contributed by atoms with E-state index in [1.807, 2.05) is 25.2 Å². The van der Waals surface area contributed by atoms with Gasteiger partial charge in [0.05, 0.1) is 0 Å². The molecule has 0 aliphatic carbocycles. The fourth-order valence-corrected chi connectivity index (χ4v) is 4.98. The van der Waals surface area contributed by atoms with Crippen molar-refractivity contribution in [3.63, 3.8) is 0 Å². The predicted molar refractivity (Wildman–Crippen MR) is 148 cm³/mol. The monoisotopic (exact) mass is 455 g/mol. The van der Waals surface area contributed by atoms with Crippen LogP contribution in [0.15, 0.2) is 70.7 Å². The molecule has 0 saturated carbocycles. The molecule has 3 aromatic carbocycles. The molecule has 0 saturated heterocycles. The molecule has 0 bridgehead atoms. The van der Waals surface area contributed by atoms with Crippen molar-refractivity contribution in [2.75, 3.05) is 7.05 Å². The van der Waals surface area contributed by atoms with Gasteiger partial charge in [-0.25, -0.2) is 4.39 Å². The second-order valence-corrected chi connectivity index (χ2v) is 9.63. The Kier molecular flexibility index (Phi) is 8.61. The van der Waals surface area contributed by atoms with Crippen molar-refractivity contribution in [2.24, 2.45) is 4.99 Å². The summed E-state index contributed by atoms with van der Waals surface area (Å²) in [4.78, 5) is 4.48. The maximum Gasteiger partial charge on any atom is 0.123 e. The van der Waals surface area contributed by atoms with Gasteiger partial charge < -0.3 is 0 Å². The van der Waals surface area contributed by atoms with Gasteiger partial charge in [-0.3, -0.25) is 4.99 Å². The lowest BCUT2D eigenvalue weighted by molar-refractivity contribution is 0.629. The van der Waals surface area contributed by atoms with E-state index in [1.165, 1.54) is 44.5 Å². The third kappa shape index (κ3) is 5.73. The summed E-state index contributed by atoms with van der Waals surface area (Å²) in [6.45, 7) is 13.1. The molecule has 1 nitrogen and oxygen atoms in total. The van der Waals surface area contributed by atoms with E-state index in [0.717, 1.165) is 42.2 Å². The zero-order valence-corrected chi connectivity index (χ0v) is 21.8. The Morgan fingerprint density at radius 3 is 2.21 bits per heavy atom. The highest BCUT2D eigenvalue weighted by Gasteiger charge is 2.15. The molecule has 0 radical (unpaired) electrons. The van der Waals surface area contributed by atoms with Crippen LogP contribution in [-0.4, -0.2) is 12.8 Å². The van der Waals surface area contributed by atoms with Crippen LogP contribution in [0.4, 0.5) is 4.39 Å². The first-order chi connectivity index (χ1) is 16.2. The van der Waals surface area contributed by atoms with Crippen LogP contribution in [0.2, 0.25) is 0 Å². The Balaban J connectivity index is 1.80. The molecular formula is C32H38FN. The highest BCUT2D eigenvalue weighted by atomic mass is 19.1. The number of rotatable bonds is 8. The Morgan fingerprint density at radius 1 is 0.824 bits per heavy atom. The molecule has 0 amide bonds. The molecule has 0 aliphatic heterocycles. The van der Waals surface area contributed by atoms with Crippen molar-refractivity contribution >= 4 is 27.6 Å². The number of hydrogen-bond acceptors (Lipinski definition) is 1. The zero-order chi connectivity index (χ0) is 24.8. The molecule has 3 rings (SSSR count). The molecule has 0 unspecified atom stereocenters. The summed E-state index contributed by atoms with van der Waals surface area (Å²) < 4.78 is 13.6. The van der Waals surface area contributed by atoms with Gasteiger partial charge in [-0.15, -0.1) is 0 Å². The number of unbranched alkanes of at least 4 members (excludes halogenated alkanes) is 1. The number of allylic oxidation sites excluding steroid dienone is 4. The van der Waals surface area contributed by atoms with E-state index in [0.29, 0.717) is 0 Å². The van der Waals surface area contributed by atoms with Crippen LogP contribution < -0.4 is 0 Å². The third-order valence-electron chi connectivity index (χ3n) is 6.78. The number of halogens is 1. The maximum atomic E-state index is 13.6. The van der Waals surface area contributed by atoms with Gasteiger partial charge in [0.25, 0.3) is 0 Å².